The summed E-state index contributed by atoms with van der Waals surface area (Å²) in [6.45, 7) is 1.40. The molecular weight excluding hydrogens is 369 g/mol. The average Bonchev–Trinajstić information content (AvgIpc) is 2.59. The number of alkyl halides is 3. The molecule has 0 bridgehead atoms. The molecule has 0 aromatic heterocycles. The van der Waals surface area contributed by atoms with Crippen molar-refractivity contribution in [1.29, 1.82) is 0 Å². The Balaban J connectivity index is 1.91. The fourth-order valence-corrected chi connectivity index (χ4v) is 2.27. The van der Waals surface area contributed by atoms with Gasteiger partial charge in [0.25, 0.3) is 5.91 Å². The Morgan fingerprint density at radius 2 is 1.77 bits per heavy atom. The van der Waals surface area contributed by atoms with Crippen LogP contribution in [0.3, 0.4) is 0 Å². The first kappa shape index (κ1) is 19.8. The lowest BCUT2D eigenvalue weighted by molar-refractivity contribution is -0.137. The molecule has 1 atom stereocenters. The van der Waals surface area contributed by atoms with Gasteiger partial charge in [0, 0.05) is 17.1 Å². The number of nitrogens with one attached hydrogen (secondary N) is 2. The van der Waals surface area contributed by atoms with Gasteiger partial charge in [0.15, 0.2) is 0 Å². The van der Waals surface area contributed by atoms with Crippen molar-refractivity contribution in [3.05, 3.63) is 70.2 Å². The molecule has 4 nitrogen and oxygen atoms in total. The van der Waals surface area contributed by atoms with Crippen LogP contribution < -0.4 is 10.6 Å². The van der Waals surface area contributed by atoms with Crippen LogP contribution in [-0.2, 0) is 17.5 Å². The summed E-state index contributed by atoms with van der Waals surface area (Å²) in [4.78, 5) is 24.1. The lowest BCUT2D eigenvalue weighted by Gasteiger charge is -2.15. The van der Waals surface area contributed by atoms with Crippen LogP contribution in [0.2, 0.25) is 5.02 Å². The first-order valence-corrected chi connectivity index (χ1v) is 8.05. The molecule has 2 N–H and O–H groups in total. The number of hydrogen-bond acceptors (Lipinski definition) is 2. The van der Waals surface area contributed by atoms with Gasteiger partial charge in [-0.05, 0) is 48.9 Å². The third-order valence-corrected chi connectivity index (χ3v) is 3.82. The molecule has 0 aliphatic heterocycles. The largest absolute Gasteiger partial charge is 0.416 e. The monoisotopic (exact) mass is 384 g/mol. The van der Waals surface area contributed by atoms with E-state index in [0.717, 1.165) is 12.1 Å². The third-order valence-electron chi connectivity index (χ3n) is 3.57. The van der Waals surface area contributed by atoms with E-state index in [0.29, 0.717) is 16.1 Å². The fourth-order valence-electron chi connectivity index (χ4n) is 2.15. The standard InChI is InChI=1S/C18H16ClF3N2O2/c1-11(24-17(26)13-5-7-15(19)8-6-13)16(25)23-10-12-3-2-4-14(9-12)18(20,21)22/h2-9,11H,10H2,1H3,(H,23,25)(H,24,26)/t11-/m1/s1. The fraction of sp³-hybridized carbons (Fsp3) is 0.222. The number of amides is 2. The molecule has 0 heterocycles. The van der Waals surface area contributed by atoms with Gasteiger partial charge in [-0.25, -0.2) is 0 Å². The normalized spacial score (nSPS) is 12.3. The SMILES string of the molecule is C[C@@H](NC(=O)c1ccc(Cl)cc1)C(=O)NCc1cccc(C(F)(F)F)c1. The summed E-state index contributed by atoms with van der Waals surface area (Å²) in [7, 11) is 0. The molecule has 0 spiro atoms. The Kier molecular flexibility index (Phi) is 6.26. The molecule has 0 radical (unpaired) electrons. The molecule has 0 fully saturated rings. The Morgan fingerprint density at radius 1 is 1.12 bits per heavy atom. The van der Waals surface area contributed by atoms with Gasteiger partial charge in [-0.1, -0.05) is 23.7 Å². The number of rotatable bonds is 5. The molecule has 2 aromatic carbocycles. The van der Waals surface area contributed by atoms with Crippen molar-refractivity contribution < 1.29 is 22.8 Å². The van der Waals surface area contributed by atoms with Crippen molar-refractivity contribution in [3.63, 3.8) is 0 Å². The van der Waals surface area contributed by atoms with Crippen LogP contribution in [0.1, 0.15) is 28.4 Å². The maximum atomic E-state index is 12.7. The van der Waals surface area contributed by atoms with Crippen LogP contribution in [0.5, 0.6) is 0 Å². The predicted molar refractivity (Wildman–Crippen MR) is 91.7 cm³/mol. The summed E-state index contributed by atoms with van der Waals surface area (Å²) >= 11 is 5.75. The van der Waals surface area contributed by atoms with E-state index in [-0.39, 0.29) is 6.54 Å². The van der Waals surface area contributed by atoms with E-state index in [1.807, 2.05) is 0 Å². The molecule has 138 valence electrons. The van der Waals surface area contributed by atoms with E-state index >= 15 is 0 Å². The van der Waals surface area contributed by atoms with Crippen molar-refractivity contribution in [3.8, 4) is 0 Å². The van der Waals surface area contributed by atoms with Gasteiger partial charge in [-0.2, -0.15) is 13.2 Å². The molecule has 26 heavy (non-hydrogen) atoms. The number of carbonyl (C=O) groups excluding carboxylic acids is 2. The molecule has 8 heteroatoms. The second-order valence-corrected chi connectivity index (χ2v) is 6.05. The highest BCUT2D eigenvalue weighted by Gasteiger charge is 2.30. The van der Waals surface area contributed by atoms with Gasteiger partial charge in [0.05, 0.1) is 5.56 Å². The third kappa shape index (κ3) is 5.49. The topological polar surface area (TPSA) is 58.2 Å². The van der Waals surface area contributed by atoms with Crippen molar-refractivity contribution in [2.45, 2.75) is 25.7 Å². The van der Waals surface area contributed by atoms with E-state index in [1.54, 1.807) is 12.1 Å². The van der Waals surface area contributed by atoms with E-state index in [4.69, 9.17) is 11.6 Å². The van der Waals surface area contributed by atoms with Crippen LogP contribution >= 0.6 is 11.6 Å². The highest BCUT2D eigenvalue weighted by Crippen LogP contribution is 2.29. The minimum Gasteiger partial charge on any atom is -0.350 e. The highest BCUT2D eigenvalue weighted by atomic mass is 35.5. The zero-order valence-corrected chi connectivity index (χ0v) is 14.5. The first-order valence-electron chi connectivity index (χ1n) is 7.67. The summed E-state index contributed by atoms with van der Waals surface area (Å²) in [5, 5.41) is 5.49. The Morgan fingerprint density at radius 3 is 2.38 bits per heavy atom. The maximum absolute atomic E-state index is 12.7. The zero-order valence-electron chi connectivity index (χ0n) is 13.7. The molecule has 2 aromatic rings. The van der Waals surface area contributed by atoms with Gasteiger partial charge in [-0.3, -0.25) is 9.59 Å². The van der Waals surface area contributed by atoms with Crippen LogP contribution in [0.25, 0.3) is 0 Å². The smallest absolute Gasteiger partial charge is 0.350 e. The number of carbonyl (C=O) groups is 2. The molecule has 2 rings (SSSR count). The van der Waals surface area contributed by atoms with E-state index in [9.17, 15) is 22.8 Å². The molecule has 0 aliphatic rings. The van der Waals surface area contributed by atoms with Crippen LogP contribution in [-0.4, -0.2) is 17.9 Å². The Bertz CT molecular complexity index is 792. The minimum atomic E-state index is -4.44. The van der Waals surface area contributed by atoms with E-state index in [1.165, 1.54) is 31.2 Å². The summed E-state index contributed by atoms with van der Waals surface area (Å²) in [6, 6.07) is 9.96. The summed E-state index contributed by atoms with van der Waals surface area (Å²) in [5.41, 5.74) is -0.135. The average molecular weight is 385 g/mol. The Hall–Kier alpha value is -2.54. The molecule has 0 unspecified atom stereocenters. The quantitative estimate of drug-likeness (QED) is 0.824. The molecule has 0 saturated carbocycles. The second kappa shape index (κ2) is 8.23. The minimum absolute atomic E-state index is 0.0795. The molecule has 2 amide bonds. The van der Waals surface area contributed by atoms with E-state index < -0.39 is 29.6 Å². The number of benzene rings is 2. The molecule has 0 saturated heterocycles. The van der Waals surface area contributed by atoms with Crippen LogP contribution in [0, 0.1) is 0 Å². The Labute approximate surface area is 153 Å². The van der Waals surface area contributed by atoms with Crippen molar-refractivity contribution >= 4 is 23.4 Å². The highest BCUT2D eigenvalue weighted by molar-refractivity contribution is 6.30. The van der Waals surface area contributed by atoms with Crippen LogP contribution in [0.4, 0.5) is 13.2 Å². The second-order valence-electron chi connectivity index (χ2n) is 5.62. The van der Waals surface area contributed by atoms with Gasteiger partial charge in [-0.15, -0.1) is 0 Å². The van der Waals surface area contributed by atoms with Gasteiger partial charge >= 0.3 is 6.18 Å². The summed E-state index contributed by atoms with van der Waals surface area (Å²) in [6.07, 6.45) is -4.44. The lowest BCUT2D eigenvalue weighted by Crippen LogP contribution is -2.44. The van der Waals surface area contributed by atoms with Crippen LogP contribution in [0.15, 0.2) is 48.5 Å². The van der Waals surface area contributed by atoms with Crippen molar-refractivity contribution in [2.24, 2.45) is 0 Å². The van der Waals surface area contributed by atoms with Gasteiger partial charge < -0.3 is 10.6 Å². The summed E-state index contributed by atoms with van der Waals surface area (Å²) in [5.74, 6) is -0.965. The number of hydrogen-bond donors (Lipinski definition) is 2. The molecule has 0 aliphatic carbocycles. The molecular formula is C18H16ClF3N2O2. The first-order chi connectivity index (χ1) is 12.2. The summed E-state index contributed by atoms with van der Waals surface area (Å²) < 4.78 is 38.0. The van der Waals surface area contributed by atoms with Crippen molar-refractivity contribution in [2.75, 3.05) is 0 Å². The van der Waals surface area contributed by atoms with E-state index in [2.05, 4.69) is 10.6 Å². The lowest BCUT2D eigenvalue weighted by atomic mass is 10.1. The predicted octanol–water partition coefficient (Wildman–Crippen LogP) is 3.79. The van der Waals surface area contributed by atoms with Gasteiger partial charge in [0.2, 0.25) is 5.91 Å². The zero-order chi connectivity index (χ0) is 19.3. The van der Waals surface area contributed by atoms with Crippen molar-refractivity contribution in [1.82, 2.24) is 10.6 Å². The number of halogens is 4. The van der Waals surface area contributed by atoms with Gasteiger partial charge in [0.1, 0.15) is 6.04 Å². The maximum Gasteiger partial charge on any atom is 0.416 e.